The fourth-order valence-electron chi connectivity index (χ4n) is 2.28. The molecule has 0 unspecified atom stereocenters. The van der Waals surface area contributed by atoms with Crippen molar-refractivity contribution < 1.29 is 4.79 Å². The summed E-state index contributed by atoms with van der Waals surface area (Å²) in [6, 6.07) is 7.92. The van der Waals surface area contributed by atoms with Crippen LogP contribution in [-0.2, 0) is 11.2 Å². The van der Waals surface area contributed by atoms with E-state index in [9.17, 15) is 4.79 Å². The number of halogens is 2. The minimum Gasteiger partial charge on any atom is -0.369 e. The van der Waals surface area contributed by atoms with Crippen molar-refractivity contribution in [1.29, 1.82) is 0 Å². The van der Waals surface area contributed by atoms with Crippen LogP contribution in [0.3, 0.4) is 0 Å². The lowest BCUT2D eigenvalue weighted by atomic mass is 9.86. The second-order valence-corrected chi connectivity index (χ2v) is 8.20. The van der Waals surface area contributed by atoms with E-state index in [1.807, 2.05) is 39.0 Å². The van der Waals surface area contributed by atoms with E-state index >= 15 is 0 Å². The van der Waals surface area contributed by atoms with Crippen LogP contribution in [0.25, 0.3) is 0 Å². The van der Waals surface area contributed by atoms with Crippen LogP contribution in [0.4, 0.5) is 0 Å². The summed E-state index contributed by atoms with van der Waals surface area (Å²) in [5, 5.41) is 7.16. The van der Waals surface area contributed by atoms with Crippen LogP contribution in [-0.4, -0.2) is 31.5 Å². The number of nitrogens with two attached hydrogens (primary N) is 1. The van der Waals surface area contributed by atoms with Crippen LogP contribution < -0.4 is 16.4 Å². The molecule has 0 saturated heterocycles. The van der Waals surface area contributed by atoms with Gasteiger partial charge in [-0.25, -0.2) is 0 Å². The minimum atomic E-state index is -0.632. The van der Waals surface area contributed by atoms with Crippen molar-refractivity contribution >= 4 is 47.4 Å². The molecule has 0 heterocycles. The first-order chi connectivity index (χ1) is 11.6. The quantitative estimate of drug-likeness (QED) is 0.293. The second kappa shape index (κ2) is 11.0. The number of hydrogen-bond acceptors (Lipinski definition) is 2. The monoisotopic (exact) mass is 494 g/mol. The molecule has 0 fully saturated rings. The molecule has 0 aromatic heterocycles. The number of primary amides is 1. The maximum atomic E-state index is 11.5. The Bertz CT molecular complexity index is 617. The fraction of sp³-hybridized carbons (Fsp3) is 0.579. The molecule has 1 aromatic carbocycles. The molecule has 1 amide bonds. The molecule has 0 bridgehead atoms. The van der Waals surface area contributed by atoms with Gasteiger partial charge in [0.1, 0.15) is 0 Å². The van der Waals surface area contributed by atoms with Gasteiger partial charge in [0.25, 0.3) is 0 Å². The molecule has 0 spiro atoms. The van der Waals surface area contributed by atoms with E-state index in [-0.39, 0.29) is 35.3 Å². The molecular formula is C19H32ClIN4O. The summed E-state index contributed by atoms with van der Waals surface area (Å²) in [6.07, 6.45) is 0.878. The highest BCUT2D eigenvalue weighted by Crippen LogP contribution is 2.24. The molecule has 0 aliphatic heterocycles. The normalized spacial score (nSPS) is 12.3. The lowest BCUT2D eigenvalue weighted by Gasteiger charge is -2.25. The van der Waals surface area contributed by atoms with Crippen molar-refractivity contribution in [2.45, 2.75) is 41.0 Å². The van der Waals surface area contributed by atoms with Gasteiger partial charge in [0, 0.05) is 24.7 Å². The zero-order valence-electron chi connectivity index (χ0n) is 16.4. The average molecular weight is 495 g/mol. The van der Waals surface area contributed by atoms with E-state index < -0.39 is 5.41 Å². The maximum absolute atomic E-state index is 11.5. The SMILES string of the molecule is CCNC(=NCC(C)(C)Cc1cccc(Cl)c1)NCC(C)(C)C(N)=O.I. The molecule has 0 saturated carbocycles. The Hall–Kier alpha value is -1.02. The predicted octanol–water partition coefficient (Wildman–Crippen LogP) is 3.59. The van der Waals surface area contributed by atoms with Gasteiger partial charge in [-0.3, -0.25) is 9.79 Å². The van der Waals surface area contributed by atoms with Crippen LogP contribution in [0.5, 0.6) is 0 Å². The van der Waals surface area contributed by atoms with E-state index in [1.165, 1.54) is 5.56 Å². The number of aliphatic imine (C=N–C) groups is 1. The highest BCUT2D eigenvalue weighted by atomic mass is 127. The first kappa shape index (κ1) is 25.0. The lowest BCUT2D eigenvalue weighted by molar-refractivity contribution is -0.125. The molecule has 148 valence electrons. The standard InChI is InChI=1S/C19H31ClN4O.HI/c1-6-22-17(24-13-19(4,5)16(21)25)23-12-18(2,3)11-14-8-7-9-15(20)10-14;/h7-10H,6,11-13H2,1-5H3,(H2,21,25)(H2,22,23,24);1H. The summed E-state index contributed by atoms with van der Waals surface area (Å²) in [5.74, 6) is 0.355. The maximum Gasteiger partial charge on any atom is 0.224 e. The topological polar surface area (TPSA) is 79.5 Å². The Kier molecular flexibility index (Phi) is 10.5. The molecule has 1 rings (SSSR count). The third-order valence-electron chi connectivity index (χ3n) is 3.95. The summed E-state index contributed by atoms with van der Waals surface area (Å²) in [4.78, 5) is 16.1. The summed E-state index contributed by atoms with van der Waals surface area (Å²) in [6.45, 7) is 11.8. The number of carbonyl (C=O) groups is 1. The molecule has 7 heteroatoms. The number of nitrogens with one attached hydrogen (secondary N) is 2. The van der Waals surface area contributed by atoms with Crippen molar-refractivity contribution in [2.75, 3.05) is 19.6 Å². The zero-order chi connectivity index (χ0) is 19.1. The Labute approximate surface area is 179 Å². The Morgan fingerprint density at radius 3 is 2.42 bits per heavy atom. The van der Waals surface area contributed by atoms with Gasteiger partial charge in [-0.05, 0) is 50.3 Å². The van der Waals surface area contributed by atoms with Crippen LogP contribution in [0.1, 0.15) is 40.2 Å². The Morgan fingerprint density at radius 2 is 1.88 bits per heavy atom. The highest BCUT2D eigenvalue weighted by molar-refractivity contribution is 14.0. The molecule has 1 aromatic rings. The van der Waals surface area contributed by atoms with Crippen LogP contribution in [0, 0.1) is 10.8 Å². The van der Waals surface area contributed by atoms with Crippen molar-refractivity contribution in [3.05, 3.63) is 34.9 Å². The van der Waals surface area contributed by atoms with Crippen molar-refractivity contribution in [1.82, 2.24) is 10.6 Å². The number of benzene rings is 1. The second-order valence-electron chi connectivity index (χ2n) is 7.77. The third-order valence-corrected chi connectivity index (χ3v) is 4.18. The largest absolute Gasteiger partial charge is 0.369 e. The smallest absolute Gasteiger partial charge is 0.224 e. The van der Waals surface area contributed by atoms with E-state index in [0.717, 1.165) is 18.0 Å². The van der Waals surface area contributed by atoms with Gasteiger partial charge in [0.15, 0.2) is 5.96 Å². The van der Waals surface area contributed by atoms with E-state index in [1.54, 1.807) is 0 Å². The summed E-state index contributed by atoms with van der Waals surface area (Å²) in [5.41, 5.74) is 5.96. The van der Waals surface area contributed by atoms with Gasteiger partial charge in [-0.2, -0.15) is 0 Å². The summed E-state index contributed by atoms with van der Waals surface area (Å²) < 4.78 is 0. The van der Waals surface area contributed by atoms with Crippen molar-refractivity contribution in [3.63, 3.8) is 0 Å². The lowest BCUT2D eigenvalue weighted by Crippen LogP contribution is -2.46. The molecule has 5 nitrogen and oxygen atoms in total. The van der Waals surface area contributed by atoms with Gasteiger partial charge < -0.3 is 16.4 Å². The van der Waals surface area contributed by atoms with Gasteiger partial charge in [-0.1, -0.05) is 37.6 Å². The molecule has 0 aliphatic rings. The summed E-state index contributed by atoms with van der Waals surface area (Å²) in [7, 11) is 0. The van der Waals surface area contributed by atoms with E-state index in [0.29, 0.717) is 19.0 Å². The number of rotatable bonds is 8. The molecule has 4 N–H and O–H groups in total. The first-order valence-corrected chi connectivity index (χ1v) is 9.00. The third kappa shape index (κ3) is 9.07. The molecule has 26 heavy (non-hydrogen) atoms. The number of carbonyl (C=O) groups excluding carboxylic acids is 1. The van der Waals surface area contributed by atoms with Crippen LogP contribution in [0.2, 0.25) is 5.02 Å². The molecule has 0 atom stereocenters. The van der Waals surface area contributed by atoms with Crippen molar-refractivity contribution in [2.24, 2.45) is 21.6 Å². The zero-order valence-corrected chi connectivity index (χ0v) is 19.4. The van der Waals surface area contributed by atoms with E-state index in [2.05, 4.69) is 35.5 Å². The first-order valence-electron chi connectivity index (χ1n) is 8.62. The number of guanidine groups is 1. The van der Waals surface area contributed by atoms with Gasteiger partial charge in [-0.15, -0.1) is 24.0 Å². The number of amides is 1. The molecular weight excluding hydrogens is 463 g/mol. The molecule has 0 radical (unpaired) electrons. The van der Waals surface area contributed by atoms with E-state index in [4.69, 9.17) is 17.3 Å². The van der Waals surface area contributed by atoms with Gasteiger partial charge in [0.2, 0.25) is 5.91 Å². The summed E-state index contributed by atoms with van der Waals surface area (Å²) >= 11 is 6.07. The van der Waals surface area contributed by atoms with Crippen LogP contribution in [0.15, 0.2) is 29.3 Å². The Balaban J connectivity index is 0.00000625. The average Bonchev–Trinajstić information content (AvgIpc) is 2.49. The van der Waals surface area contributed by atoms with Crippen LogP contribution >= 0.6 is 35.6 Å². The highest BCUT2D eigenvalue weighted by Gasteiger charge is 2.25. The Morgan fingerprint density at radius 1 is 1.23 bits per heavy atom. The predicted molar refractivity (Wildman–Crippen MR) is 121 cm³/mol. The van der Waals surface area contributed by atoms with Gasteiger partial charge in [0.05, 0.1) is 5.41 Å². The molecule has 0 aliphatic carbocycles. The fourth-order valence-corrected chi connectivity index (χ4v) is 2.49. The minimum absolute atomic E-state index is 0. The number of nitrogens with zero attached hydrogens (tertiary/aromatic N) is 1. The van der Waals surface area contributed by atoms with Gasteiger partial charge >= 0.3 is 0 Å². The van der Waals surface area contributed by atoms with Crippen molar-refractivity contribution in [3.8, 4) is 0 Å². The number of hydrogen-bond donors (Lipinski definition) is 3.